The zero-order valence-electron chi connectivity index (χ0n) is 25.1. The van der Waals surface area contributed by atoms with Crippen molar-refractivity contribution in [1.29, 1.82) is 0 Å². The summed E-state index contributed by atoms with van der Waals surface area (Å²) in [6, 6.07) is 35.1. The quantitative estimate of drug-likeness (QED) is 0.198. The van der Waals surface area contributed by atoms with Crippen molar-refractivity contribution < 1.29 is 0 Å². The van der Waals surface area contributed by atoms with E-state index in [-0.39, 0.29) is 17.3 Å². The average Bonchev–Trinajstić information content (AvgIpc) is 3.09. The van der Waals surface area contributed by atoms with Crippen molar-refractivity contribution in [2.45, 2.75) is 26.2 Å². The molecule has 0 amide bonds. The number of fused-ring (bicyclic) bond motifs is 6. The van der Waals surface area contributed by atoms with Gasteiger partial charge in [-0.25, -0.2) is 0 Å². The minimum absolute atomic E-state index is 0.162. The highest BCUT2D eigenvalue weighted by molar-refractivity contribution is 6.25. The summed E-state index contributed by atoms with van der Waals surface area (Å²) in [6.45, 7) is 4.70. The smallest absolute Gasteiger partial charge is 0.0478 e. The summed E-state index contributed by atoms with van der Waals surface area (Å²) in [5.74, 6) is 0.471. The fraction of sp³-hybridized carbons (Fsp3) is 0.143. The molecule has 2 heterocycles. The van der Waals surface area contributed by atoms with Crippen LogP contribution in [0.2, 0.25) is 0 Å². The molecule has 3 unspecified atom stereocenters. The van der Waals surface area contributed by atoms with Crippen molar-refractivity contribution in [1.82, 2.24) is 9.97 Å². The Labute approximate surface area is 258 Å². The number of nitrogens with zero attached hydrogens (tertiary/aromatic N) is 2. The van der Waals surface area contributed by atoms with Gasteiger partial charge in [-0.15, -0.1) is 0 Å². The molecule has 0 bridgehead atoms. The Kier molecular flexibility index (Phi) is 6.38. The fourth-order valence-corrected chi connectivity index (χ4v) is 7.38. The minimum Gasteiger partial charge on any atom is -0.264 e. The lowest BCUT2D eigenvalue weighted by atomic mass is 9.67. The predicted molar refractivity (Wildman–Crippen MR) is 185 cm³/mol. The molecule has 2 nitrogen and oxygen atoms in total. The Morgan fingerprint density at radius 3 is 2.09 bits per heavy atom. The summed E-state index contributed by atoms with van der Waals surface area (Å²) in [6.07, 6.45) is 18.7. The number of pyridine rings is 2. The zero-order valence-corrected chi connectivity index (χ0v) is 25.1. The molecule has 8 rings (SSSR count). The van der Waals surface area contributed by atoms with Gasteiger partial charge < -0.3 is 0 Å². The van der Waals surface area contributed by atoms with Crippen LogP contribution in [0, 0.1) is 11.3 Å². The topological polar surface area (TPSA) is 25.8 Å². The highest BCUT2D eigenvalue weighted by atomic mass is 14.7. The lowest BCUT2D eigenvalue weighted by molar-refractivity contribution is 0.514. The van der Waals surface area contributed by atoms with Crippen molar-refractivity contribution in [2.24, 2.45) is 11.3 Å². The normalized spacial score (nSPS) is 21.7. The third-order valence-electron chi connectivity index (χ3n) is 9.77. The predicted octanol–water partition coefficient (Wildman–Crippen LogP) is 10.7. The van der Waals surface area contributed by atoms with Crippen LogP contribution in [0.1, 0.15) is 43.0 Å². The Bertz CT molecular complexity index is 2130. The Morgan fingerprint density at radius 2 is 1.41 bits per heavy atom. The van der Waals surface area contributed by atoms with Crippen LogP contribution < -0.4 is 0 Å². The van der Waals surface area contributed by atoms with Crippen LogP contribution in [-0.2, 0) is 0 Å². The first-order valence-corrected chi connectivity index (χ1v) is 15.6. The standard InChI is InChI=1S/C42H34N2/c1-28-38(31-12-10-21-43-27-31)24-32(25-39(28)41-17-7-8-22-44-41)42(2)20-9-11-30(26-42)29-18-19-37-35-15-4-3-13-33(35)34-14-5-6-16-36(34)40(37)23-29/h3-19,21-28,39H,20H2,1-2H3. The Balaban J connectivity index is 1.27. The summed E-state index contributed by atoms with van der Waals surface area (Å²) in [5, 5.41) is 7.83. The van der Waals surface area contributed by atoms with Gasteiger partial charge in [0.15, 0.2) is 0 Å². The molecule has 0 saturated heterocycles. The van der Waals surface area contributed by atoms with E-state index in [1.807, 2.05) is 30.7 Å². The first-order chi connectivity index (χ1) is 21.6. The van der Waals surface area contributed by atoms with Gasteiger partial charge in [0.25, 0.3) is 0 Å². The highest BCUT2D eigenvalue weighted by Crippen LogP contribution is 2.48. The van der Waals surface area contributed by atoms with E-state index >= 15 is 0 Å². The van der Waals surface area contributed by atoms with Gasteiger partial charge in [0.05, 0.1) is 0 Å². The number of benzene rings is 4. The second kappa shape index (κ2) is 10.6. The largest absolute Gasteiger partial charge is 0.264 e. The molecule has 2 aromatic heterocycles. The van der Waals surface area contributed by atoms with Crippen LogP contribution >= 0.6 is 0 Å². The molecule has 0 saturated carbocycles. The van der Waals surface area contributed by atoms with Gasteiger partial charge in [0, 0.05) is 35.6 Å². The molecule has 0 spiro atoms. The molecular formula is C42H34N2. The minimum atomic E-state index is -0.162. The molecule has 2 aliphatic carbocycles. The fourth-order valence-electron chi connectivity index (χ4n) is 7.38. The maximum atomic E-state index is 4.80. The van der Waals surface area contributed by atoms with Crippen molar-refractivity contribution in [3.8, 4) is 0 Å². The van der Waals surface area contributed by atoms with E-state index in [0.717, 1.165) is 12.1 Å². The van der Waals surface area contributed by atoms with E-state index in [0.29, 0.717) is 0 Å². The Hall–Kier alpha value is -5.08. The molecule has 44 heavy (non-hydrogen) atoms. The summed E-state index contributed by atoms with van der Waals surface area (Å²) < 4.78 is 0. The van der Waals surface area contributed by atoms with Crippen LogP contribution in [0.25, 0.3) is 43.5 Å². The molecule has 2 aliphatic rings. The molecule has 4 aromatic carbocycles. The molecule has 2 heteroatoms. The number of hydrogen-bond acceptors (Lipinski definition) is 2. The van der Waals surface area contributed by atoms with Crippen LogP contribution in [0.3, 0.4) is 0 Å². The van der Waals surface area contributed by atoms with Crippen molar-refractivity contribution in [2.75, 3.05) is 0 Å². The molecule has 3 atom stereocenters. The van der Waals surface area contributed by atoms with E-state index < -0.39 is 0 Å². The van der Waals surface area contributed by atoms with Gasteiger partial charge in [-0.2, -0.15) is 0 Å². The maximum Gasteiger partial charge on any atom is 0.0478 e. The molecular weight excluding hydrogens is 532 g/mol. The molecule has 0 N–H and O–H groups in total. The zero-order chi connectivity index (χ0) is 29.7. The lowest BCUT2D eigenvalue weighted by Gasteiger charge is -2.36. The molecule has 6 aromatic rings. The highest BCUT2D eigenvalue weighted by Gasteiger charge is 2.34. The summed E-state index contributed by atoms with van der Waals surface area (Å²) >= 11 is 0. The molecule has 0 aliphatic heterocycles. The number of rotatable bonds is 4. The second-order valence-electron chi connectivity index (χ2n) is 12.5. The van der Waals surface area contributed by atoms with Crippen molar-refractivity contribution in [3.05, 3.63) is 168 Å². The van der Waals surface area contributed by atoms with Crippen molar-refractivity contribution >= 4 is 43.5 Å². The first-order valence-electron chi connectivity index (χ1n) is 15.6. The summed E-state index contributed by atoms with van der Waals surface area (Å²) in [5.41, 5.74) is 7.31. The molecule has 0 fully saturated rings. The second-order valence-corrected chi connectivity index (χ2v) is 12.5. The molecule has 0 radical (unpaired) electrons. The van der Waals surface area contributed by atoms with Gasteiger partial charge in [0.2, 0.25) is 0 Å². The van der Waals surface area contributed by atoms with Crippen LogP contribution in [0.4, 0.5) is 0 Å². The maximum absolute atomic E-state index is 4.80. The van der Waals surface area contributed by atoms with Crippen molar-refractivity contribution in [3.63, 3.8) is 0 Å². The molecule has 212 valence electrons. The van der Waals surface area contributed by atoms with Crippen LogP contribution in [0.5, 0.6) is 0 Å². The SMILES string of the molecule is CC1C(c2cccnc2)=CC(C2(C)C=C(c3ccc4c5ccccc5c5ccccc5c4c3)C=CC2)=CC1c1ccccn1. The van der Waals surface area contributed by atoms with Crippen LogP contribution in [0.15, 0.2) is 152 Å². The van der Waals surface area contributed by atoms with E-state index in [2.05, 4.69) is 134 Å². The number of hydrogen-bond donors (Lipinski definition) is 0. The average molecular weight is 567 g/mol. The van der Waals surface area contributed by atoms with Gasteiger partial charge >= 0.3 is 0 Å². The first kappa shape index (κ1) is 26.5. The van der Waals surface area contributed by atoms with Gasteiger partial charge in [-0.05, 0) is 96.8 Å². The van der Waals surface area contributed by atoms with Gasteiger partial charge in [-0.1, -0.05) is 117 Å². The Morgan fingerprint density at radius 1 is 0.705 bits per heavy atom. The van der Waals surface area contributed by atoms with E-state index in [1.54, 1.807) is 0 Å². The number of allylic oxidation sites excluding steroid dienone is 8. The van der Waals surface area contributed by atoms with Gasteiger partial charge in [-0.3, -0.25) is 9.97 Å². The monoisotopic (exact) mass is 566 g/mol. The summed E-state index contributed by atoms with van der Waals surface area (Å²) in [4.78, 5) is 9.27. The van der Waals surface area contributed by atoms with E-state index in [1.165, 1.54) is 60.2 Å². The van der Waals surface area contributed by atoms with Crippen LogP contribution in [-0.4, -0.2) is 9.97 Å². The third kappa shape index (κ3) is 4.41. The van der Waals surface area contributed by atoms with E-state index in [4.69, 9.17) is 4.98 Å². The van der Waals surface area contributed by atoms with E-state index in [9.17, 15) is 0 Å². The summed E-state index contributed by atoms with van der Waals surface area (Å²) in [7, 11) is 0. The number of aromatic nitrogens is 2. The third-order valence-corrected chi connectivity index (χ3v) is 9.77. The van der Waals surface area contributed by atoms with Gasteiger partial charge in [0.1, 0.15) is 0 Å². The lowest BCUT2D eigenvalue weighted by Crippen LogP contribution is -2.23.